The van der Waals surface area contributed by atoms with E-state index in [0.717, 1.165) is 29.5 Å². The lowest BCUT2D eigenvalue weighted by molar-refractivity contribution is 0.0335. The lowest BCUT2D eigenvalue weighted by Gasteiger charge is -2.48. The SMILES string of the molecule is CCCC1c2cc(C(C)(C)C)cc(C(C)(C)C)c2OP(=O)(O)OC12CC=C(C(C)(C)C)C=C2C(C)(C)C. The summed E-state index contributed by atoms with van der Waals surface area (Å²) in [5.41, 5.74) is 3.77. The Hall–Kier alpha value is -1.35. The van der Waals surface area contributed by atoms with Gasteiger partial charge in [-0.1, -0.05) is 121 Å². The summed E-state index contributed by atoms with van der Waals surface area (Å²) in [6.07, 6.45) is 6.74. The van der Waals surface area contributed by atoms with Gasteiger partial charge in [-0.3, -0.25) is 9.42 Å². The maximum absolute atomic E-state index is 13.8. The van der Waals surface area contributed by atoms with E-state index in [9.17, 15) is 9.46 Å². The van der Waals surface area contributed by atoms with E-state index in [-0.39, 0.29) is 27.6 Å². The lowest BCUT2D eigenvalue weighted by Crippen LogP contribution is -2.45. The van der Waals surface area contributed by atoms with E-state index in [4.69, 9.17) is 9.05 Å². The summed E-state index contributed by atoms with van der Waals surface area (Å²) in [5.74, 6) is 0.391. The third-order valence-corrected chi connectivity index (χ3v) is 8.82. The minimum absolute atomic E-state index is 0.0424. The first kappa shape index (κ1) is 30.2. The van der Waals surface area contributed by atoms with Crippen LogP contribution in [0.5, 0.6) is 5.75 Å². The van der Waals surface area contributed by atoms with Crippen LogP contribution in [0, 0.1) is 10.8 Å². The van der Waals surface area contributed by atoms with E-state index in [1.165, 1.54) is 11.1 Å². The van der Waals surface area contributed by atoms with Crippen molar-refractivity contribution >= 4 is 7.82 Å². The topological polar surface area (TPSA) is 55.8 Å². The zero-order valence-corrected chi connectivity index (χ0v) is 26.5. The Labute approximate surface area is 226 Å². The molecule has 1 aromatic carbocycles. The Morgan fingerprint density at radius 2 is 1.51 bits per heavy atom. The van der Waals surface area contributed by atoms with E-state index >= 15 is 0 Å². The van der Waals surface area contributed by atoms with E-state index in [1.54, 1.807) is 0 Å². The molecule has 0 radical (unpaired) electrons. The lowest BCUT2D eigenvalue weighted by atomic mass is 9.61. The van der Waals surface area contributed by atoms with Gasteiger partial charge in [0.2, 0.25) is 0 Å². The fourth-order valence-electron chi connectivity index (χ4n) is 5.83. The van der Waals surface area contributed by atoms with Crippen molar-refractivity contribution < 1.29 is 18.5 Å². The average Bonchev–Trinajstić information content (AvgIpc) is 2.76. The van der Waals surface area contributed by atoms with Crippen molar-refractivity contribution in [3.8, 4) is 5.75 Å². The Morgan fingerprint density at radius 3 is 1.97 bits per heavy atom. The van der Waals surface area contributed by atoms with Crippen LogP contribution in [0.4, 0.5) is 0 Å². The number of benzene rings is 1. The molecule has 0 saturated heterocycles. The van der Waals surface area contributed by atoms with E-state index in [2.05, 4.69) is 114 Å². The summed E-state index contributed by atoms with van der Waals surface area (Å²) >= 11 is 0. The smallest absolute Gasteiger partial charge is 0.403 e. The number of fused-ring (bicyclic) bond motifs is 1. The quantitative estimate of drug-likeness (QED) is 0.387. The maximum Gasteiger partial charge on any atom is 0.528 e. The summed E-state index contributed by atoms with van der Waals surface area (Å²) in [4.78, 5) is 11.3. The molecule has 5 heteroatoms. The second-order valence-corrected chi connectivity index (χ2v) is 16.5. The van der Waals surface area contributed by atoms with Crippen LogP contribution < -0.4 is 4.52 Å². The molecule has 37 heavy (non-hydrogen) atoms. The van der Waals surface area contributed by atoms with Gasteiger partial charge in [0.15, 0.2) is 0 Å². The third-order valence-electron chi connectivity index (χ3n) is 7.85. The van der Waals surface area contributed by atoms with Gasteiger partial charge in [0.1, 0.15) is 11.4 Å². The summed E-state index contributed by atoms with van der Waals surface area (Å²) in [6.45, 7) is 28.4. The van der Waals surface area contributed by atoms with Crippen LogP contribution in [-0.4, -0.2) is 10.5 Å². The Bertz CT molecular complexity index is 1150. The van der Waals surface area contributed by atoms with Crippen LogP contribution in [0.1, 0.15) is 132 Å². The van der Waals surface area contributed by atoms with Crippen molar-refractivity contribution in [3.05, 3.63) is 52.1 Å². The molecule has 0 saturated carbocycles. The van der Waals surface area contributed by atoms with Crippen molar-refractivity contribution in [2.45, 2.75) is 132 Å². The highest BCUT2D eigenvalue weighted by atomic mass is 31.2. The second-order valence-electron chi connectivity index (χ2n) is 15.2. The minimum atomic E-state index is -4.45. The first-order valence-corrected chi connectivity index (χ1v) is 15.4. The van der Waals surface area contributed by atoms with Gasteiger partial charge in [0.25, 0.3) is 0 Å². The molecule has 3 atom stereocenters. The predicted octanol–water partition coefficient (Wildman–Crippen LogP) is 9.76. The third kappa shape index (κ3) is 5.97. The minimum Gasteiger partial charge on any atom is -0.403 e. The molecule has 1 aliphatic heterocycles. The molecule has 0 amide bonds. The van der Waals surface area contributed by atoms with Gasteiger partial charge in [-0.15, -0.1) is 0 Å². The van der Waals surface area contributed by atoms with Crippen LogP contribution in [0.15, 0.2) is 35.4 Å². The summed E-state index contributed by atoms with van der Waals surface area (Å²) in [6, 6.07) is 4.39. The van der Waals surface area contributed by atoms with E-state index in [1.807, 2.05) is 0 Å². The van der Waals surface area contributed by atoms with Crippen molar-refractivity contribution in [2.75, 3.05) is 0 Å². The molecule has 0 aromatic heterocycles. The van der Waals surface area contributed by atoms with Gasteiger partial charge < -0.3 is 4.52 Å². The summed E-state index contributed by atoms with van der Waals surface area (Å²) < 4.78 is 26.3. The molecule has 1 N–H and O–H groups in total. The zero-order chi connectivity index (χ0) is 28.4. The molecule has 3 unspecified atom stereocenters. The van der Waals surface area contributed by atoms with Crippen LogP contribution in [0.2, 0.25) is 0 Å². The molecule has 1 aromatic rings. The molecule has 208 valence electrons. The van der Waals surface area contributed by atoms with Crippen molar-refractivity contribution in [2.24, 2.45) is 10.8 Å². The highest BCUT2D eigenvalue weighted by Gasteiger charge is 2.56. The number of allylic oxidation sites excluding steroid dienone is 2. The second kappa shape index (κ2) is 9.39. The van der Waals surface area contributed by atoms with Crippen LogP contribution >= 0.6 is 7.82 Å². The summed E-state index contributed by atoms with van der Waals surface area (Å²) in [7, 11) is -4.45. The Balaban J connectivity index is 2.48. The standard InChI is InChI=1S/C32H51O4P/c1-14-15-24-23-18-22(29(5,6)7)19-25(30(8,9)10)27(23)35-37(33,34)36-32(24)17-16-21(28(2,3)4)20-26(32)31(11,12)13/h16,18-20,24H,14-15,17H2,1-13H3,(H,33,34). The maximum atomic E-state index is 13.8. The molecule has 1 heterocycles. The monoisotopic (exact) mass is 530 g/mol. The first-order valence-electron chi connectivity index (χ1n) is 13.9. The fourth-order valence-corrected chi connectivity index (χ4v) is 7.02. The average molecular weight is 531 g/mol. The zero-order valence-electron chi connectivity index (χ0n) is 25.6. The van der Waals surface area contributed by atoms with Crippen molar-refractivity contribution in [3.63, 3.8) is 0 Å². The fraction of sp³-hybridized carbons (Fsp3) is 0.688. The molecule has 1 spiro atoms. The molecule has 3 rings (SSSR count). The van der Waals surface area contributed by atoms with Gasteiger partial charge in [-0.2, -0.15) is 0 Å². The van der Waals surface area contributed by atoms with E-state index < -0.39 is 13.4 Å². The normalized spacial score (nSPS) is 27.2. The van der Waals surface area contributed by atoms with E-state index in [0.29, 0.717) is 12.2 Å². The number of hydrogen-bond acceptors (Lipinski definition) is 3. The van der Waals surface area contributed by atoms with Gasteiger partial charge in [-0.25, -0.2) is 4.57 Å². The largest absolute Gasteiger partial charge is 0.528 e. The van der Waals surface area contributed by atoms with Crippen LogP contribution in [0.25, 0.3) is 0 Å². The number of rotatable bonds is 2. The number of hydrogen-bond donors (Lipinski definition) is 1. The van der Waals surface area contributed by atoms with Crippen molar-refractivity contribution in [1.29, 1.82) is 0 Å². The Morgan fingerprint density at radius 1 is 0.919 bits per heavy atom. The molecule has 2 aliphatic rings. The van der Waals surface area contributed by atoms with Crippen molar-refractivity contribution in [1.82, 2.24) is 0 Å². The van der Waals surface area contributed by atoms with Crippen LogP contribution in [0.3, 0.4) is 0 Å². The number of phosphoric acid groups is 1. The molecular formula is C32H51O4P. The predicted molar refractivity (Wildman–Crippen MR) is 155 cm³/mol. The van der Waals surface area contributed by atoms with Gasteiger partial charge in [0, 0.05) is 23.5 Å². The summed E-state index contributed by atoms with van der Waals surface area (Å²) in [5, 5.41) is 0. The highest BCUT2D eigenvalue weighted by Crippen LogP contribution is 2.65. The molecule has 0 fully saturated rings. The van der Waals surface area contributed by atoms with Crippen LogP contribution in [-0.2, 0) is 19.9 Å². The molecule has 0 bridgehead atoms. The number of phosphoric ester groups is 1. The van der Waals surface area contributed by atoms with Gasteiger partial charge in [0.05, 0.1) is 0 Å². The molecule has 4 nitrogen and oxygen atoms in total. The van der Waals surface area contributed by atoms with Gasteiger partial charge >= 0.3 is 7.82 Å². The Kier molecular flexibility index (Phi) is 7.66. The first-order chi connectivity index (χ1) is 16.5. The highest BCUT2D eigenvalue weighted by molar-refractivity contribution is 7.47. The molecular weight excluding hydrogens is 479 g/mol. The molecule has 1 aliphatic carbocycles. The van der Waals surface area contributed by atoms with Gasteiger partial charge in [-0.05, 0) is 44.8 Å².